The van der Waals surface area contributed by atoms with Crippen LogP contribution in [0.2, 0.25) is 5.02 Å². The summed E-state index contributed by atoms with van der Waals surface area (Å²) in [6.45, 7) is 2.94. The number of hydrogen-bond donors (Lipinski definition) is 1. The van der Waals surface area contributed by atoms with Crippen LogP contribution in [0.5, 0.6) is 5.75 Å². The van der Waals surface area contributed by atoms with Crippen molar-refractivity contribution in [3.63, 3.8) is 0 Å². The maximum atomic E-state index is 6.11. The van der Waals surface area contributed by atoms with E-state index < -0.39 is 0 Å². The van der Waals surface area contributed by atoms with Gasteiger partial charge in [0.05, 0.1) is 18.8 Å². The number of methoxy groups -OCH3 is 1. The molecule has 0 aliphatic heterocycles. The van der Waals surface area contributed by atoms with Crippen LogP contribution in [0, 0.1) is 0 Å². The van der Waals surface area contributed by atoms with Crippen LogP contribution in [0.1, 0.15) is 24.2 Å². The number of pyridine rings is 1. The lowest BCUT2D eigenvalue weighted by molar-refractivity contribution is 0.405. The molecule has 1 unspecified atom stereocenters. The molecular weight excluding hydrogens is 352 g/mol. The van der Waals surface area contributed by atoms with Crippen molar-refractivity contribution >= 4 is 27.5 Å². The zero-order valence-electron chi connectivity index (χ0n) is 12.1. The molecule has 5 heteroatoms. The van der Waals surface area contributed by atoms with Crippen molar-refractivity contribution in [2.45, 2.75) is 19.4 Å². The number of ether oxygens (including phenoxy) is 1. The summed E-state index contributed by atoms with van der Waals surface area (Å²) in [7, 11) is 1.67. The molecule has 1 aromatic heterocycles. The molecule has 0 spiro atoms. The smallest absolute Gasteiger partial charge is 0.122 e. The van der Waals surface area contributed by atoms with Gasteiger partial charge in [-0.25, -0.2) is 0 Å². The minimum absolute atomic E-state index is 0.0953. The maximum Gasteiger partial charge on any atom is 0.122 e. The number of rotatable bonds is 6. The van der Waals surface area contributed by atoms with Gasteiger partial charge in [-0.1, -0.05) is 18.5 Å². The molecule has 0 saturated carbocycles. The number of halogens is 2. The van der Waals surface area contributed by atoms with Gasteiger partial charge in [-0.15, -0.1) is 0 Å². The Balaban J connectivity index is 2.33. The van der Waals surface area contributed by atoms with E-state index in [1.807, 2.05) is 30.3 Å². The van der Waals surface area contributed by atoms with E-state index in [1.54, 1.807) is 13.3 Å². The third kappa shape index (κ3) is 4.19. The van der Waals surface area contributed by atoms with Crippen molar-refractivity contribution < 1.29 is 4.74 Å². The van der Waals surface area contributed by atoms with Crippen molar-refractivity contribution in [2.75, 3.05) is 13.7 Å². The molecule has 1 N–H and O–H groups in total. The molecule has 1 atom stereocenters. The van der Waals surface area contributed by atoms with Crippen molar-refractivity contribution in [1.82, 2.24) is 10.3 Å². The molecule has 0 bridgehead atoms. The Bertz CT molecular complexity index is 607. The first-order valence-electron chi connectivity index (χ1n) is 6.82. The zero-order valence-corrected chi connectivity index (χ0v) is 14.4. The van der Waals surface area contributed by atoms with Gasteiger partial charge in [-0.3, -0.25) is 4.98 Å². The van der Waals surface area contributed by atoms with E-state index in [0.717, 1.165) is 34.4 Å². The molecule has 0 aliphatic carbocycles. The van der Waals surface area contributed by atoms with Crippen molar-refractivity contribution in [3.05, 3.63) is 57.3 Å². The van der Waals surface area contributed by atoms with E-state index in [1.165, 1.54) is 0 Å². The highest BCUT2D eigenvalue weighted by Gasteiger charge is 2.17. The summed E-state index contributed by atoms with van der Waals surface area (Å²) in [6.07, 6.45) is 2.56. The summed E-state index contributed by atoms with van der Waals surface area (Å²) in [5.74, 6) is 0.842. The Morgan fingerprint density at radius 2 is 2.19 bits per heavy atom. The molecule has 0 fully saturated rings. The molecule has 0 aliphatic rings. The van der Waals surface area contributed by atoms with E-state index in [0.29, 0.717) is 5.02 Å². The zero-order chi connectivity index (χ0) is 15.2. The number of nitrogens with zero attached hydrogens (tertiary/aromatic N) is 1. The van der Waals surface area contributed by atoms with Crippen LogP contribution in [0.25, 0.3) is 0 Å². The SMILES string of the molecule is CCNC(Cc1cc(Cl)ccc1OC)c1ncccc1Br. The third-order valence-corrected chi connectivity index (χ3v) is 4.14. The summed E-state index contributed by atoms with van der Waals surface area (Å²) in [4.78, 5) is 4.49. The van der Waals surface area contributed by atoms with Crippen LogP contribution in [-0.2, 0) is 6.42 Å². The summed E-state index contributed by atoms with van der Waals surface area (Å²) < 4.78 is 6.42. The molecule has 1 heterocycles. The largest absolute Gasteiger partial charge is 0.496 e. The summed E-state index contributed by atoms with van der Waals surface area (Å²) in [5.41, 5.74) is 2.05. The number of likely N-dealkylation sites (N-methyl/N-ethyl adjacent to an activating group) is 1. The average Bonchev–Trinajstić information content (AvgIpc) is 2.48. The number of benzene rings is 1. The van der Waals surface area contributed by atoms with Gasteiger partial charge < -0.3 is 10.1 Å². The molecule has 112 valence electrons. The predicted octanol–water partition coefficient (Wildman–Crippen LogP) is 4.40. The van der Waals surface area contributed by atoms with Gasteiger partial charge in [-0.05, 0) is 64.8 Å². The van der Waals surface area contributed by atoms with E-state index in [9.17, 15) is 0 Å². The van der Waals surface area contributed by atoms with Gasteiger partial charge in [0.25, 0.3) is 0 Å². The van der Waals surface area contributed by atoms with Crippen LogP contribution in [0.4, 0.5) is 0 Å². The lowest BCUT2D eigenvalue weighted by Gasteiger charge is -2.20. The molecule has 2 aromatic rings. The highest BCUT2D eigenvalue weighted by Crippen LogP contribution is 2.29. The molecule has 0 radical (unpaired) electrons. The fraction of sp³-hybridized carbons (Fsp3) is 0.312. The Kier molecular flexibility index (Phi) is 6.03. The van der Waals surface area contributed by atoms with Gasteiger partial charge in [0.2, 0.25) is 0 Å². The van der Waals surface area contributed by atoms with Crippen LogP contribution in [0.3, 0.4) is 0 Å². The van der Waals surface area contributed by atoms with Gasteiger partial charge in [0.15, 0.2) is 0 Å². The Labute approximate surface area is 138 Å². The predicted molar refractivity (Wildman–Crippen MR) is 90.1 cm³/mol. The first-order valence-corrected chi connectivity index (χ1v) is 7.99. The normalized spacial score (nSPS) is 12.2. The molecule has 21 heavy (non-hydrogen) atoms. The van der Waals surface area contributed by atoms with Crippen LogP contribution in [0.15, 0.2) is 41.0 Å². The summed E-state index contributed by atoms with van der Waals surface area (Å²) in [5, 5.41) is 4.18. The van der Waals surface area contributed by atoms with Crippen LogP contribution < -0.4 is 10.1 Å². The topological polar surface area (TPSA) is 34.1 Å². The van der Waals surface area contributed by atoms with Gasteiger partial charge in [-0.2, -0.15) is 0 Å². The molecule has 0 saturated heterocycles. The van der Waals surface area contributed by atoms with Gasteiger partial charge in [0, 0.05) is 15.7 Å². The highest BCUT2D eigenvalue weighted by molar-refractivity contribution is 9.10. The second kappa shape index (κ2) is 7.78. The number of nitrogens with one attached hydrogen (secondary N) is 1. The monoisotopic (exact) mass is 368 g/mol. The fourth-order valence-corrected chi connectivity index (χ4v) is 3.02. The number of hydrogen-bond acceptors (Lipinski definition) is 3. The van der Waals surface area contributed by atoms with E-state index in [2.05, 4.69) is 33.2 Å². The van der Waals surface area contributed by atoms with Gasteiger partial charge in [0.1, 0.15) is 5.75 Å². The minimum atomic E-state index is 0.0953. The van der Waals surface area contributed by atoms with Crippen LogP contribution >= 0.6 is 27.5 Å². The standard InChI is InChI=1S/C16H18BrClN2O/c1-3-19-14(16-13(17)5-4-8-20-16)10-11-9-12(18)6-7-15(11)21-2/h4-9,14,19H,3,10H2,1-2H3. The summed E-state index contributed by atoms with van der Waals surface area (Å²) in [6, 6.07) is 9.69. The Morgan fingerprint density at radius 3 is 2.86 bits per heavy atom. The van der Waals surface area contributed by atoms with Crippen LogP contribution in [-0.4, -0.2) is 18.6 Å². The third-order valence-electron chi connectivity index (χ3n) is 3.23. The Hall–Kier alpha value is -1.10. The molecule has 3 nitrogen and oxygen atoms in total. The first-order chi connectivity index (χ1) is 10.2. The fourth-order valence-electron chi connectivity index (χ4n) is 2.29. The summed E-state index contributed by atoms with van der Waals surface area (Å²) >= 11 is 9.68. The maximum absolute atomic E-state index is 6.11. The first kappa shape index (κ1) is 16.3. The highest BCUT2D eigenvalue weighted by atomic mass is 79.9. The van der Waals surface area contributed by atoms with E-state index in [-0.39, 0.29) is 6.04 Å². The second-order valence-electron chi connectivity index (χ2n) is 4.64. The molecule has 1 aromatic carbocycles. The molecule has 0 amide bonds. The van der Waals surface area contributed by atoms with Crippen molar-refractivity contribution in [2.24, 2.45) is 0 Å². The lowest BCUT2D eigenvalue weighted by Crippen LogP contribution is -2.24. The van der Waals surface area contributed by atoms with Crippen molar-refractivity contribution in [1.29, 1.82) is 0 Å². The lowest BCUT2D eigenvalue weighted by atomic mass is 10.0. The quantitative estimate of drug-likeness (QED) is 0.819. The second-order valence-corrected chi connectivity index (χ2v) is 5.93. The van der Waals surface area contributed by atoms with Crippen molar-refractivity contribution in [3.8, 4) is 5.75 Å². The number of aromatic nitrogens is 1. The van der Waals surface area contributed by atoms with Gasteiger partial charge >= 0.3 is 0 Å². The average molecular weight is 370 g/mol. The van der Waals surface area contributed by atoms with E-state index >= 15 is 0 Å². The van der Waals surface area contributed by atoms with E-state index in [4.69, 9.17) is 16.3 Å². The minimum Gasteiger partial charge on any atom is -0.496 e. The Morgan fingerprint density at radius 1 is 1.38 bits per heavy atom. The molecular formula is C16H18BrClN2O. The molecule has 2 rings (SSSR count).